The van der Waals surface area contributed by atoms with Crippen LogP contribution in [0.4, 0.5) is 0 Å². The molecule has 0 bridgehead atoms. The van der Waals surface area contributed by atoms with E-state index in [1.807, 2.05) is 38.1 Å². The molecule has 2 N–H and O–H groups in total. The molecule has 2 aromatic rings. The van der Waals surface area contributed by atoms with E-state index in [1.54, 1.807) is 6.20 Å². The van der Waals surface area contributed by atoms with Crippen molar-refractivity contribution >= 4 is 5.91 Å². The number of aliphatic hydroxyl groups is 1. The van der Waals surface area contributed by atoms with Crippen LogP contribution in [0.25, 0.3) is 0 Å². The van der Waals surface area contributed by atoms with Crippen molar-refractivity contribution in [2.75, 3.05) is 0 Å². The number of hydrogen-bond donors (Lipinski definition) is 2. The van der Waals surface area contributed by atoms with Gasteiger partial charge in [0.1, 0.15) is 0 Å². The molecule has 1 saturated carbocycles. The zero-order valence-electron chi connectivity index (χ0n) is 14.5. The van der Waals surface area contributed by atoms with Gasteiger partial charge in [0.15, 0.2) is 0 Å². The van der Waals surface area contributed by atoms with Gasteiger partial charge in [0.2, 0.25) is 0 Å². The van der Waals surface area contributed by atoms with E-state index in [-0.39, 0.29) is 24.0 Å². The van der Waals surface area contributed by atoms with Crippen LogP contribution >= 0.6 is 0 Å². The third kappa shape index (κ3) is 3.08. The third-order valence-electron chi connectivity index (χ3n) is 5.05. The standard InChI is InChI=1S/C19H25N3O2/c1-4-22-12(2)9-16(13(22)3)19(24)21-18(14-10-15(23)11-14)17-7-5-6-8-20-17/h5-9,14-15,18,23H,4,10-11H2,1-3H3,(H,21,24)/t14?,15?,18-/m0/s1. The van der Waals surface area contributed by atoms with E-state index in [0.717, 1.165) is 29.2 Å². The number of aromatic nitrogens is 2. The normalized spacial score (nSPS) is 21.2. The fraction of sp³-hybridized carbons (Fsp3) is 0.474. The largest absolute Gasteiger partial charge is 0.393 e. The molecule has 128 valence electrons. The van der Waals surface area contributed by atoms with Crippen molar-refractivity contribution in [3.8, 4) is 0 Å². The molecule has 1 aliphatic carbocycles. The van der Waals surface area contributed by atoms with Gasteiger partial charge in [-0.05, 0) is 57.7 Å². The summed E-state index contributed by atoms with van der Waals surface area (Å²) in [7, 11) is 0. The Balaban J connectivity index is 1.84. The molecule has 0 radical (unpaired) electrons. The number of pyridine rings is 1. The Hall–Kier alpha value is -2.14. The first-order valence-electron chi connectivity index (χ1n) is 8.57. The highest BCUT2D eigenvalue weighted by atomic mass is 16.3. The Morgan fingerprint density at radius 2 is 2.17 bits per heavy atom. The summed E-state index contributed by atoms with van der Waals surface area (Å²) in [4.78, 5) is 17.3. The minimum Gasteiger partial charge on any atom is -0.393 e. The van der Waals surface area contributed by atoms with Gasteiger partial charge in [-0.3, -0.25) is 9.78 Å². The molecule has 0 unspecified atom stereocenters. The Bertz CT molecular complexity index is 718. The van der Waals surface area contributed by atoms with Crippen LogP contribution in [0, 0.1) is 19.8 Å². The second kappa shape index (κ2) is 6.77. The van der Waals surface area contributed by atoms with Gasteiger partial charge in [-0.15, -0.1) is 0 Å². The highest BCUT2D eigenvalue weighted by molar-refractivity contribution is 5.96. The lowest BCUT2D eigenvalue weighted by Crippen LogP contribution is -2.41. The number of nitrogens with one attached hydrogen (secondary N) is 1. The average Bonchev–Trinajstić information content (AvgIpc) is 2.84. The van der Waals surface area contributed by atoms with Gasteiger partial charge in [0.25, 0.3) is 5.91 Å². The molecule has 2 aromatic heterocycles. The van der Waals surface area contributed by atoms with Gasteiger partial charge in [0.05, 0.1) is 23.4 Å². The summed E-state index contributed by atoms with van der Waals surface area (Å²) in [5.41, 5.74) is 3.65. The summed E-state index contributed by atoms with van der Waals surface area (Å²) < 4.78 is 2.14. The minimum absolute atomic E-state index is 0.0696. The fourth-order valence-corrected chi connectivity index (χ4v) is 3.63. The summed E-state index contributed by atoms with van der Waals surface area (Å²) >= 11 is 0. The van der Waals surface area contributed by atoms with Crippen molar-refractivity contribution in [2.45, 2.75) is 52.3 Å². The van der Waals surface area contributed by atoms with Crippen LogP contribution in [-0.2, 0) is 6.54 Å². The zero-order valence-corrected chi connectivity index (χ0v) is 14.5. The predicted molar refractivity (Wildman–Crippen MR) is 92.8 cm³/mol. The highest BCUT2D eigenvalue weighted by Crippen LogP contribution is 2.37. The van der Waals surface area contributed by atoms with Crippen molar-refractivity contribution in [1.82, 2.24) is 14.9 Å². The van der Waals surface area contributed by atoms with Gasteiger partial charge in [-0.2, -0.15) is 0 Å². The van der Waals surface area contributed by atoms with Gasteiger partial charge < -0.3 is 15.0 Å². The summed E-state index contributed by atoms with van der Waals surface area (Å²) in [6.07, 6.45) is 2.89. The summed E-state index contributed by atoms with van der Waals surface area (Å²) in [6, 6.07) is 7.52. The topological polar surface area (TPSA) is 67.2 Å². The van der Waals surface area contributed by atoms with Crippen LogP contribution in [0.2, 0.25) is 0 Å². The Kier molecular flexibility index (Phi) is 4.71. The number of aliphatic hydroxyl groups excluding tert-OH is 1. The van der Waals surface area contributed by atoms with Crippen molar-refractivity contribution in [3.05, 3.63) is 53.1 Å². The van der Waals surface area contributed by atoms with Gasteiger partial charge in [-0.25, -0.2) is 0 Å². The quantitative estimate of drug-likeness (QED) is 0.887. The maximum atomic E-state index is 12.8. The molecule has 2 heterocycles. The molecule has 5 nitrogen and oxygen atoms in total. The summed E-state index contributed by atoms with van der Waals surface area (Å²) in [5, 5.41) is 12.8. The van der Waals surface area contributed by atoms with E-state index >= 15 is 0 Å². The lowest BCUT2D eigenvalue weighted by Gasteiger charge is -2.37. The van der Waals surface area contributed by atoms with Crippen LogP contribution in [0.1, 0.15) is 53.2 Å². The van der Waals surface area contributed by atoms with Crippen LogP contribution in [0.3, 0.4) is 0 Å². The van der Waals surface area contributed by atoms with E-state index in [1.165, 1.54) is 0 Å². The number of carbonyl (C=O) groups excluding carboxylic acids is 1. The van der Waals surface area contributed by atoms with E-state index in [4.69, 9.17) is 0 Å². The second-order valence-electron chi connectivity index (χ2n) is 6.62. The smallest absolute Gasteiger partial charge is 0.253 e. The van der Waals surface area contributed by atoms with E-state index in [0.29, 0.717) is 12.8 Å². The Morgan fingerprint density at radius 1 is 1.42 bits per heavy atom. The second-order valence-corrected chi connectivity index (χ2v) is 6.62. The molecular formula is C19H25N3O2. The average molecular weight is 327 g/mol. The molecule has 1 aliphatic rings. The van der Waals surface area contributed by atoms with Crippen LogP contribution in [0.5, 0.6) is 0 Å². The summed E-state index contributed by atoms with van der Waals surface area (Å²) in [6.45, 7) is 6.93. The molecular weight excluding hydrogens is 302 g/mol. The number of rotatable bonds is 5. The fourth-order valence-electron chi connectivity index (χ4n) is 3.63. The number of hydrogen-bond acceptors (Lipinski definition) is 3. The number of amides is 1. The molecule has 24 heavy (non-hydrogen) atoms. The van der Waals surface area contributed by atoms with Crippen LogP contribution in [0.15, 0.2) is 30.5 Å². The van der Waals surface area contributed by atoms with Gasteiger partial charge in [0, 0.05) is 24.1 Å². The minimum atomic E-state index is -0.261. The molecule has 0 saturated heterocycles. The Morgan fingerprint density at radius 3 is 2.71 bits per heavy atom. The molecule has 0 aromatic carbocycles. The number of aryl methyl sites for hydroxylation is 1. The van der Waals surface area contributed by atoms with Crippen molar-refractivity contribution < 1.29 is 9.90 Å². The first kappa shape index (κ1) is 16.7. The number of carbonyl (C=O) groups is 1. The van der Waals surface area contributed by atoms with E-state index in [9.17, 15) is 9.90 Å². The van der Waals surface area contributed by atoms with Crippen molar-refractivity contribution in [1.29, 1.82) is 0 Å². The van der Waals surface area contributed by atoms with Crippen molar-refractivity contribution in [3.63, 3.8) is 0 Å². The third-order valence-corrected chi connectivity index (χ3v) is 5.05. The molecule has 1 atom stereocenters. The lowest BCUT2D eigenvalue weighted by atomic mass is 9.76. The molecule has 1 fully saturated rings. The predicted octanol–water partition coefficient (Wildman–Crippen LogP) is 2.76. The lowest BCUT2D eigenvalue weighted by molar-refractivity contribution is 0.0228. The molecule has 0 aliphatic heterocycles. The Labute approximate surface area is 142 Å². The summed E-state index contributed by atoms with van der Waals surface area (Å²) in [5.74, 6) is 0.161. The van der Waals surface area contributed by atoms with Crippen LogP contribution < -0.4 is 5.32 Å². The van der Waals surface area contributed by atoms with Crippen molar-refractivity contribution in [2.24, 2.45) is 5.92 Å². The molecule has 1 amide bonds. The molecule has 0 spiro atoms. The number of nitrogens with zero attached hydrogens (tertiary/aromatic N) is 2. The van der Waals surface area contributed by atoms with Gasteiger partial charge >= 0.3 is 0 Å². The van der Waals surface area contributed by atoms with Crippen LogP contribution in [-0.4, -0.2) is 26.7 Å². The molecule has 5 heteroatoms. The maximum absolute atomic E-state index is 12.8. The zero-order chi connectivity index (χ0) is 17.3. The van der Waals surface area contributed by atoms with E-state index < -0.39 is 0 Å². The maximum Gasteiger partial charge on any atom is 0.253 e. The first-order valence-corrected chi connectivity index (χ1v) is 8.57. The SMILES string of the molecule is CCn1c(C)cc(C(=O)N[C@H](c2ccccn2)C2CC(O)C2)c1C. The molecule has 3 rings (SSSR count). The first-order chi connectivity index (χ1) is 11.5. The monoisotopic (exact) mass is 327 g/mol. The van der Waals surface area contributed by atoms with Gasteiger partial charge in [-0.1, -0.05) is 6.07 Å². The van der Waals surface area contributed by atoms with E-state index in [2.05, 4.69) is 21.8 Å². The highest BCUT2D eigenvalue weighted by Gasteiger charge is 2.36.